The summed E-state index contributed by atoms with van der Waals surface area (Å²) >= 11 is 0. The van der Waals surface area contributed by atoms with Gasteiger partial charge in [0.25, 0.3) is 5.56 Å². The van der Waals surface area contributed by atoms with E-state index >= 15 is 0 Å². The summed E-state index contributed by atoms with van der Waals surface area (Å²) in [6.07, 6.45) is 0.479. The zero-order valence-electron chi connectivity index (χ0n) is 11.8. The number of para-hydroxylation sites is 1. The summed E-state index contributed by atoms with van der Waals surface area (Å²) in [4.78, 5) is 27.9. The van der Waals surface area contributed by atoms with Gasteiger partial charge in [0.15, 0.2) is 0 Å². The van der Waals surface area contributed by atoms with Crippen molar-refractivity contribution < 1.29 is 4.74 Å². The van der Waals surface area contributed by atoms with E-state index < -0.39 is 5.69 Å². The van der Waals surface area contributed by atoms with Crippen molar-refractivity contribution in [3.05, 3.63) is 61.9 Å². The highest BCUT2D eigenvalue weighted by Gasteiger charge is 2.11. The number of ether oxygens (including phenoxy) is 1. The maximum atomic E-state index is 11.9. The van der Waals surface area contributed by atoms with Crippen molar-refractivity contribution in [3.63, 3.8) is 0 Å². The van der Waals surface area contributed by atoms with Gasteiger partial charge < -0.3 is 9.72 Å². The van der Waals surface area contributed by atoms with Crippen molar-refractivity contribution in [1.82, 2.24) is 9.97 Å². The van der Waals surface area contributed by atoms with Gasteiger partial charge in [0.05, 0.1) is 6.10 Å². The van der Waals surface area contributed by atoms with E-state index in [-0.39, 0.29) is 11.7 Å². The van der Waals surface area contributed by atoms with E-state index in [4.69, 9.17) is 4.74 Å². The van der Waals surface area contributed by atoms with Gasteiger partial charge >= 0.3 is 5.69 Å². The van der Waals surface area contributed by atoms with Crippen LogP contribution >= 0.6 is 0 Å². The van der Waals surface area contributed by atoms with Gasteiger partial charge in [-0.1, -0.05) is 18.2 Å². The fourth-order valence-corrected chi connectivity index (χ4v) is 2.05. The fourth-order valence-electron chi connectivity index (χ4n) is 2.05. The number of hydrogen-bond acceptors (Lipinski definition) is 3. The van der Waals surface area contributed by atoms with Crippen LogP contribution < -0.4 is 16.0 Å². The van der Waals surface area contributed by atoms with Gasteiger partial charge in [-0.2, -0.15) is 0 Å². The van der Waals surface area contributed by atoms with Crippen LogP contribution in [0.1, 0.15) is 30.7 Å². The molecule has 0 unspecified atom stereocenters. The first kappa shape index (κ1) is 14.1. The molecule has 2 rings (SSSR count). The second-order valence-electron chi connectivity index (χ2n) is 4.96. The Bertz CT molecular complexity index is 714. The molecular weight excluding hydrogens is 256 g/mol. The molecule has 0 aliphatic rings. The molecule has 1 heterocycles. The summed E-state index contributed by atoms with van der Waals surface area (Å²) in [5.41, 5.74) is 1.21. The predicted octanol–water partition coefficient (Wildman–Crippen LogP) is 1.75. The predicted molar refractivity (Wildman–Crippen MR) is 77.4 cm³/mol. The minimum atomic E-state index is -0.483. The van der Waals surface area contributed by atoms with Crippen LogP contribution in [0.3, 0.4) is 0 Å². The van der Waals surface area contributed by atoms with E-state index in [1.54, 1.807) is 6.92 Å². The molecule has 0 saturated heterocycles. The Morgan fingerprint density at radius 2 is 1.85 bits per heavy atom. The number of rotatable bonds is 4. The molecule has 1 aromatic heterocycles. The number of aromatic nitrogens is 2. The lowest BCUT2D eigenvalue weighted by molar-refractivity contribution is 0.240. The monoisotopic (exact) mass is 274 g/mol. The van der Waals surface area contributed by atoms with E-state index in [0.29, 0.717) is 17.7 Å². The molecule has 1 aromatic carbocycles. The molecule has 5 heteroatoms. The fraction of sp³-hybridized carbons (Fsp3) is 0.333. The van der Waals surface area contributed by atoms with E-state index in [1.807, 2.05) is 38.1 Å². The highest BCUT2D eigenvalue weighted by molar-refractivity contribution is 5.37. The van der Waals surface area contributed by atoms with Crippen LogP contribution in [0.2, 0.25) is 0 Å². The Hall–Kier alpha value is -2.30. The zero-order valence-corrected chi connectivity index (χ0v) is 11.8. The summed E-state index contributed by atoms with van der Waals surface area (Å²) < 4.78 is 5.74. The first-order chi connectivity index (χ1) is 9.47. The summed E-state index contributed by atoms with van der Waals surface area (Å²) in [6, 6.07) is 7.59. The lowest BCUT2D eigenvalue weighted by atomic mass is 10.0. The molecule has 2 N–H and O–H groups in total. The maximum absolute atomic E-state index is 11.9. The summed E-state index contributed by atoms with van der Waals surface area (Å²) in [5.74, 6) is 0.757. The average Bonchev–Trinajstić information content (AvgIpc) is 2.34. The number of hydrogen-bond donors (Lipinski definition) is 2. The van der Waals surface area contributed by atoms with Crippen molar-refractivity contribution in [2.45, 2.75) is 33.3 Å². The number of aromatic amines is 2. The summed E-state index contributed by atoms with van der Waals surface area (Å²) in [5, 5.41) is 0. The van der Waals surface area contributed by atoms with Gasteiger partial charge in [-0.05, 0) is 32.4 Å². The minimum absolute atomic E-state index is 0.0612. The first-order valence-electron chi connectivity index (χ1n) is 6.54. The molecule has 2 aromatic rings. The molecule has 0 amide bonds. The van der Waals surface area contributed by atoms with Crippen LogP contribution in [0.5, 0.6) is 5.75 Å². The Morgan fingerprint density at radius 3 is 2.50 bits per heavy atom. The highest BCUT2D eigenvalue weighted by atomic mass is 16.5. The molecule has 0 aliphatic heterocycles. The summed E-state index contributed by atoms with van der Waals surface area (Å²) in [6.45, 7) is 5.63. The lowest BCUT2D eigenvalue weighted by Crippen LogP contribution is -2.27. The maximum Gasteiger partial charge on any atom is 0.325 e. The van der Waals surface area contributed by atoms with Gasteiger partial charge in [0.2, 0.25) is 0 Å². The van der Waals surface area contributed by atoms with Gasteiger partial charge in [0.1, 0.15) is 5.75 Å². The molecule has 0 spiro atoms. The zero-order chi connectivity index (χ0) is 14.7. The molecule has 0 saturated carbocycles. The van der Waals surface area contributed by atoms with Crippen LogP contribution in [-0.2, 0) is 6.42 Å². The van der Waals surface area contributed by atoms with Crippen LogP contribution in [0, 0.1) is 6.92 Å². The van der Waals surface area contributed by atoms with Crippen molar-refractivity contribution >= 4 is 0 Å². The van der Waals surface area contributed by atoms with Gasteiger partial charge in [0, 0.05) is 17.7 Å². The number of H-pyrrole nitrogens is 2. The van der Waals surface area contributed by atoms with Crippen molar-refractivity contribution in [2.75, 3.05) is 0 Å². The second kappa shape index (κ2) is 5.77. The number of aryl methyl sites for hydroxylation is 1. The Kier molecular flexibility index (Phi) is 4.08. The van der Waals surface area contributed by atoms with Crippen molar-refractivity contribution in [1.29, 1.82) is 0 Å². The molecule has 0 aliphatic carbocycles. The van der Waals surface area contributed by atoms with Crippen LogP contribution in [0.4, 0.5) is 0 Å². The smallest absolute Gasteiger partial charge is 0.325 e. The Labute approximate surface area is 116 Å². The van der Waals surface area contributed by atoms with Crippen LogP contribution in [0.25, 0.3) is 0 Å². The van der Waals surface area contributed by atoms with E-state index in [1.165, 1.54) is 0 Å². The molecular formula is C15H18N2O3. The first-order valence-corrected chi connectivity index (χ1v) is 6.54. The lowest BCUT2D eigenvalue weighted by Gasteiger charge is -2.14. The molecule has 0 atom stereocenters. The van der Waals surface area contributed by atoms with Crippen molar-refractivity contribution in [2.24, 2.45) is 0 Å². The van der Waals surface area contributed by atoms with Crippen LogP contribution in [0.15, 0.2) is 33.9 Å². The van der Waals surface area contributed by atoms with E-state index in [2.05, 4.69) is 9.97 Å². The molecule has 0 bridgehead atoms. The molecule has 0 fully saturated rings. The van der Waals surface area contributed by atoms with Gasteiger partial charge in [-0.3, -0.25) is 9.78 Å². The highest BCUT2D eigenvalue weighted by Crippen LogP contribution is 2.21. The van der Waals surface area contributed by atoms with Gasteiger partial charge in [-0.25, -0.2) is 4.79 Å². The third kappa shape index (κ3) is 3.17. The molecule has 0 radical (unpaired) electrons. The molecule has 20 heavy (non-hydrogen) atoms. The SMILES string of the molecule is Cc1[nH]c(=O)[nH]c(=O)c1Cc1ccccc1OC(C)C. The third-order valence-corrected chi connectivity index (χ3v) is 2.96. The topological polar surface area (TPSA) is 75.0 Å². The largest absolute Gasteiger partial charge is 0.491 e. The molecule has 5 nitrogen and oxygen atoms in total. The standard InChI is InChI=1S/C15H18N2O3/c1-9(2)20-13-7-5-4-6-11(13)8-12-10(3)16-15(19)17-14(12)18/h4-7,9H,8H2,1-3H3,(H2,16,17,18,19). The Balaban J connectivity index is 2.41. The van der Waals surface area contributed by atoms with Gasteiger partial charge in [-0.15, -0.1) is 0 Å². The quantitative estimate of drug-likeness (QED) is 0.892. The molecule has 106 valence electrons. The van der Waals surface area contributed by atoms with Crippen molar-refractivity contribution in [3.8, 4) is 5.75 Å². The van der Waals surface area contributed by atoms with E-state index in [9.17, 15) is 9.59 Å². The number of nitrogens with one attached hydrogen (secondary N) is 2. The summed E-state index contributed by atoms with van der Waals surface area (Å²) in [7, 11) is 0. The minimum Gasteiger partial charge on any atom is -0.491 e. The Morgan fingerprint density at radius 1 is 1.15 bits per heavy atom. The normalized spacial score (nSPS) is 10.8. The number of benzene rings is 1. The second-order valence-corrected chi connectivity index (χ2v) is 4.96. The average molecular weight is 274 g/mol. The van der Waals surface area contributed by atoms with E-state index in [0.717, 1.165) is 11.3 Å². The third-order valence-electron chi connectivity index (χ3n) is 2.96. The van der Waals surface area contributed by atoms with Crippen LogP contribution in [-0.4, -0.2) is 16.1 Å².